The molecule has 45 heavy (non-hydrogen) atoms. The molecule has 0 aromatic carbocycles. The van der Waals surface area contributed by atoms with Gasteiger partial charge in [0.1, 0.15) is 0 Å². The van der Waals surface area contributed by atoms with Gasteiger partial charge in [0.25, 0.3) is 0 Å². The lowest BCUT2D eigenvalue weighted by atomic mass is 9.76. The minimum atomic E-state index is -3.59. The Morgan fingerprint density at radius 1 is 0.400 bits per heavy atom. The lowest BCUT2D eigenvalue weighted by molar-refractivity contribution is 0.167. The van der Waals surface area contributed by atoms with Crippen LogP contribution in [0.3, 0.4) is 0 Å². The molecule has 5 heterocycles. The largest absolute Gasteiger partial charge is 0.437 e. The molecule has 8 N–H and O–H groups in total. The Balaban J connectivity index is 1.08. The standard InChI is InChI=1S/C32H56N8O3S.Al.2H/c41-44(42,43)23-15-7-14-22-24(23)32-39-30-21-13-6-5-12-20(21)28(37-30)35-26-17-9-2-1-8-16(17)25(33-26)34-27-18-10-3-4-11-19(18)29(36-27)38-31(22)40-32;;;/h16-40H,1-15H2,(H,41,42,43);;;/q;+1;;/p-1. The number of fused-ring (bicyclic) bond motifs is 20. The zero-order chi connectivity index (χ0) is 30.3. The van der Waals surface area contributed by atoms with Crippen molar-refractivity contribution >= 4 is 26.7 Å². The molecule has 4 aliphatic carbocycles. The first-order chi connectivity index (χ1) is 22.0. The van der Waals surface area contributed by atoms with Crippen molar-refractivity contribution in [3.63, 3.8) is 0 Å². The first kappa shape index (κ1) is 31.1. The van der Waals surface area contributed by atoms with Crippen molar-refractivity contribution in [1.29, 1.82) is 0 Å². The minimum absolute atomic E-state index is 0.0140. The summed E-state index contributed by atoms with van der Waals surface area (Å²) >= 11 is 0.212. The van der Waals surface area contributed by atoms with Gasteiger partial charge in [-0.1, -0.05) is 44.9 Å². The van der Waals surface area contributed by atoms with Crippen molar-refractivity contribution in [3.8, 4) is 0 Å². The van der Waals surface area contributed by atoms with Crippen molar-refractivity contribution in [2.24, 2.45) is 47.3 Å². The Bertz CT molecular complexity index is 1200. The lowest BCUT2D eigenvalue weighted by Gasteiger charge is -2.38. The van der Waals surface area contributed by atoms with E-state index in [2.05, 4.69) is 42.5 Å². The van der Waals surface area contributed by atoms with Crippen molar-refractivity contribution < 1.29 is 11.7 Å². The van der Waals surface area contributed by atoms with Gasteiger partial charge in [0.2, 0.25) is 10.1 Å². The van der Waals surface area contributed by atoms with E-state index >= 15 is 0 Å². The highest BCUT2D eigenvalue weighted by molar-refractivity contribution is 7.88. The van der Waals surface area contributed by atoms with E-state index in [0.29, 0.717) is 60.4 Å². The van der Waals surface area contributed by atoms with Gasteiger partial charge < -0.3 is 3.23 Å². The van der Waals surface area contributed by atoms with Gasteiger partial charge in [-0.15, -0.1) is 0 Å². The fourth-order valence-corrected chi connectivity index (χ4v) is 14.6. The minimum Gasteiger partial charge on any atom is -0.407 e. The summed E-state index contributed by atoms with van der Waals surface area (Å²) < 4.78 is 32.3. The summed E-state index contributed by atoms with van der Waals surface area (Å²) in [4.78, 5) is 0. The molecule has 9 aliphatic rings. The van der Waals surface area contributed by atoms with Crippen LogP contribution in [0.15, 0.2) is 0 Å². The topological polar surface area (TPSA) is 140 Å². The Morgan fingerprint density at radius 3 is 1.02 bits per heavy atom. The zero-order valence-corrected chi connectivity index (χ0v) is 29.9. The maximum Gasteiger partial charge on any atom is 0.437 e. The Kier molecular flexibility index (Phi) is 8.62. The molecular formula is C32H57AlN8O3S. The molecule has 0 aromatic heterocycles. The predicted molar refractivity (Wildman–Crippen MR) is 175 cm³/mol. The highest BCUT2D eigenvalue weighted by atomic mass is 32.2. The lowest BCUT2D eigenvalue weighted by Crippen LogP contribution is -2.62. The van der Waals surface area contributed by atoms with Crippen molar-refractivity contribution in [1.82, 2.24) is 42.5 Å². The SMILES string of the molecule is O=S(=O)([O][AlH2])C1CCCC2C3NC4NC(NC5NC(NC6NC(NC(N3)C21)C1CCCCC61)C1CCCCC51)C1CCCCC41. The van der Waals surface area contributed by atoms with Gasteiger partial charge in [0.15, 0.2) is 0 Å². The maximum atomic E-state index is 13.4. The second kappa shape index (κ2) is 12.5. The molecule has 11 nitrogen and oxygen atoms in total. The van der Waals surface area contributed by atoms with Gasteiger partial charge in [-0.3, -0.25) is 42.5 Å². The smallest absolute Gasteiger partial charge is 0.407 e. The molecule has 4 saturated carbocycles. The summed E-state index contributed by atoms with van der Waals surface area (Å²) in [5.41, 5.74) is 0. The second-order valence-electron chi connectivity index (χ2n) is 16.4. The average molecular weight is 661 g/mol. The van der Waals surface area contributed by atoms with Crippen molar-refractivity contribution in [2.45, 2.75) is 151 Å². The molecule has 0 radical (unpaired) electrons. The third-order valence-corrected chi connectivity index (χ3v) is 17.6. The normalized spacial score (nSPS) is 54.5. The second-order valence-corrected chi connectivity index (χ2v) is 19.3. The Morgan fingerprint density at radius 2 is 0.689 bits per heavy atom. The van der Waals surface area contributed by atoms with E-state index in [0.717, 1.165) is 12.8 Å². The highest BCUT2D eigenvalue weighted by Crippen LogP contribution is 2.46. The van der Waals surface area contributed by atoms with Crippen LogP contribution in [0.4, 0.5) is 0 Å². The van der Waals surface area contributed by atoms with E-state index in [4.69, 9.17) is 3.23 Å². The Labute approximate surface area is 278 Å². The molecular weight excluding hydrogens is 603 g/mol. The fraction of sp³-hybridized carbons (Fsp3) is 1.00. The van der Waals surface area contributed by atoms with E-state index in [-0.39, 0.29) is 59.3 Å². The quantitative estimate of drug-likeness (QED) is 0.196. The molecule has 0 amide bonds. The molecule has 5 aliphatic heterocycles. The number of hydrogen-bond donors (Lipinski definition) is 8. The van der Waals surface area contributed by atoms with Crippen LogP contribution in [0.1, 0.15) is 96.3 Å². The van der Waals surface area contributed by atoms with Crippen LogP contribution in [-0.2, 0) is 13.4 Å². The van der Waals surface area contributed by atoms with Crippen LogP contribution in [0, 0.1) is 47.3 Å². The summed E-state index contributed by atoms with van der Waals surface area (Å²) in [5, 5.41) is 32.5. The van der Waals surface area contributed by atoms with Crippen LogP contribution in [0.5, 0.6) is 0 Å². The highest BCUT2D eigenvalue weighted by Gasteiger charge is 2.57. The molecule has 0 aromatic rings. The molecule has 9 fully saturated rings. The van der Waals surface area contributed by atoms with Crippen LogP contribution in [0.25, 0.3) is 0 Å². The Hall–Kier alpha value is 0.122. The van der Waals surface area contributed by atoms with Gasteiger partial charge in [-0.25, -0.2) is 8.42 Å². The molecule has 8 bridgehead atoms. The van der Waals surface area contributed by atoms with Gasteiger partial charge >= 0.3 is 16.6 Å². The number of hydrogen-bond acceptors (Lipinski definition) is 11. The number of nitrogens with one attached hydrogen (secondary N) is 8. The van der Waals surface area contributed by atoms with Crippen LogP contribution in [-0.4, -0.2) is 79.6 Å². The van der Waals surface area contributed by atoms with E-state index in [1.54, 1.807) is 0 Å². The van der Waals surface area contributed by atoms with Crippen LogP contribution in [0.2, 0.25) is 0 Å². The van der Waals surface area contributed by atoms with E-state index in [1.807, 2.05) is 0 Å². The van der Waals surface area contributed by atoms with Crippen LogP contribution < -0.4 is 42.5 Å². The number of rotatable bonds is 2. The third-order valence-electron chi connectivity index (χ3n) is 14.4. The molecule has 0 spiro atoms. The first-order valence-electron chi connectivity index (χ1n) is 18.9. The van der Waals surface area contributed by atoms with E-state index < -0.39 is 15.4 Å². The van der Waals surface area contributed by atoms with E-state index in [9.17, 15) is 8.42 Å². The van der Waals surface area contributed by atoms with Gasteiger partial charge in [-0.05, 0) is 92.8 Å². The van der Waals surface area contributed by atoms with Crippen molar-refractivity contribution in [3.05, 3.63) is 0 Å². The third kappa shape index (κ3) is 5.43. The molecule has 17 atom stereocenters. The zero-order valence-electron chi connectivity index (χ0n) is 27.1. The summed E-state index contributed by atoms with van der Waals surface area (Å²) in [6, 6.07) is 0. The van der Waals surface area contributed by atoms with Gasteiger partial charge in [-0.2, -0.15) is 0 Å². The summed E-state index contributed by atoms with van der Waals surface area (Å²) in [5.74, 6) is 3.90. The van der Waals surface area contributed by atoms with E-state index in [1.165, 1.54) is 77.0 Å². The summed E-state index contributed by atoms with van der Waals surface area (Å²) in [6.07, 6.45) is 19.8. The maximum absolute atomic E-state index is 13.4. The van der Waals surface area contributed by atoms with Crippen LogP contribution >= 0.6 is 0 Å². The first-order valence-corrected chi connectivity index (χ1v) is 21.1. The fourth-order valence-electron chi connectivity index (χ4n) is 12.5. The van der Waals surface area contributed by atoms with Gasteiger partial charge in [0, 0.05) is 5.92 Å². The molecule has 252 valence electrons. The van der Waals surface area contributed by atoms with Crippen molar-refractivity contribution in [2.75, 3.05) is 0 Å². The summed E-state index contributed by atoms with van der Waals surface area (Å²) in [6.45, 7) is 0. The predicted octanol–water partition coefficient (Wildman–Crippen LogP) is 0.479. The molecule has 13 heteroatoms. The molecule has 5 saturated heterocycles. The monoisotopic (exact) mass is 660 g/mol. The molecule has 17 unspecified atom stereocenters. The summed E-state index contributed by atoms with van der Waals surface area (Å²) in [7, 11) is -3.59. The average Bonchev–Trinajstić information content (AvgIpc) is 3.80. The molecule has 9 rings (SSSR count). The van der Waals surface area contributed by atoms with Gasteiger partial charge in [0.05, 0.1) is 54.6 Å².